The lowest BCUT2D eigenvalue weighted by Crippen LogP contribution is -2.12. The van der Waals surface area contributed by atoms with E-state index in [1.54, 1.807) is 6.07 Å². The van der Waals surface area contributed by atoms with Gasteiger partial charge in [-0.25, -0.2) is 13.6 Å². The van der Waals surface area contributed by atoms with Gasteiger partial charge in [-0.3, -0.25) is 0 Å². The molecule has 0 bridgehead atoms. The van der Waals surface area contributed by atoms with Crippen molar-refractivity contribution in [3.63, 3.8) is 0 Å². The van der Waals surface area contributed by atoms with Crippen molar-refractivity contribution in [3.8, 4) is 5.75 Å². The fourth-order valence-corrected chi connectivity index (χ4v) is 3.17. The molecule has 0 atom stereocenters. The van der Waals surface area contributed by atoms with Gasteiger partial charge in [-0.2, -0.15) is 0 Å². The van der Waals surface area contributed by atoms with Crippen molar-refractivity contribution in [3.05, 3.63) is 57.0 Å². The lowest BCUT2D eigenvalue weighted by molar-refractivity contribution is 0.304. The van der Waals surface area contributed by atoms with Gasteiger partial charge >= 0.3 is 0 Å². The van der Waals surface area contributed by atoms with Gasteiger partial charge in [-0.15, -0.1) is 0 Å². The van der Waals surface area contributed by atoms with E-state index in [2.05, 4.69) is 15.9 Å². The molecular formula is C14H13BrClNO3S. The summed E-state index contributed by atoms with van der Waals surface area (Å²) in [6.07, 6.45) is 0. The first-order chi connectivity index (χ1) is 9.77. The number of nitrogens with two attached hydrogens (primary N) is 1. The molecular weight excluding hydrogens is 378 g/mol. The average Bonchev–Trinajstić information content (AvgIpc) is 2.38. The molecule has 0 radical (unpaired) electrons. The molecule has 0 aromatic heterocycles. The van der Waals surface area contributed by atoms with E-state index in [0.717, 1.165) is 11.1 Å². The molecule has 0 fully saturated rings. The average molecular weight is 391 g/mol. The number of hydrogen-bond acceptors (Lipinski definition) is 3. The molecule has 0 saturated carbocycles. The molecule has 0 aliphatic carbocycles. The van der Waals surface area contributed by atoms with Crippen LogP contribution < -0.4 is 9.88 Å². The molecule has 0 amide bonds. The van der Waals surface area contributed by atoms with Crippen LogP contribution in [-0.4, -0.2) is 8.42 Å². The van der Waals surface area contributed by atoms with Gasteiger partial charge in [0.2, 0.25) is 10.0 Å². The number of benzene rings is 2. The zero-order chi connectivity index (χ0) is 15.6. The van der Waals surface area contributed by atoms with Gasteiger partial charge < -0.3 is 4.74 Å². The summed E-state index contributed by atoms with van der Waals surface area (Å²) < 4.78 is 28.7. The predicted molar refractivity (Wildman–Crippen MR) is 86.0 cm³/mol. The molecule has 2 aromatic carbocycles. The monoisotopic (exact) mass is 389 g/mol. The highest BCUT2D eigenvalue weighted by molar-refractivity contribution is 9.10. The molecule has 21 heavy (non-hydrogen) atoms. The zero-order valence-corrected chi connectivity index (χ0v) is 14.3. The second kappa shape index (κ2) is 6.36. The molecule has 0 aliphatic rings. The first-order valence-electron chi connectivity index (χ1n) is 5.97. The summed E-state index contributed by atoms with van der Waals surface area (Å²) in [5.41, 5.74) is 1.92. The van der Waals surface area contributed by atoms with E-state index in [0.29, 0.717) is 15.2 Å². The van der Waals surface area contributed by atoms with Crippen LogP contribution in [0.15, 0.2) is 45.8 Å². The van der Waals surface area contributed by atoms with Gasteiger partial charge in [-0.1, -0.05) is 23.7 Å². The molecule has 0 saturated heterocycles. The minimum atomic E-state index is -3.73. The van der Waals surface area contributed by atoms with Crippen LogP contribution in [0.25, 0.3) is 0 Å². The van der Waals surface area contributed by atoms with E-state index in [9.17, 15) is 8.42 Å². The number of sulfonamides is 1. The van der Waals surface area contributed by atoms with Crippen molar-refractivity contribution in [2.45, 2.75) is 18.4 Å². The van der Waals surface area contributed by atoms with Crippen LogP contribution in [0.1, 0.15) is 11.1 Å². The van der Waals surface area contributed by atoms with Gasteiger partial charge in [0.15, 0.2) is 0 Å². The summed E-state index contributed by atoms with van der Waals surface area (Å²) in [4.78, 5) is 0.0232. The highest BCUT2D eigenvalue weighted by Gasteiger charge is 2.11. The Bertz CT molecular complexity index is 778. The summed E-state index contributed by atoms with van der Waals surface area (Å²) in [7, 11) is -3.73. The Balaban J connectivity index is 2.17. The Morgan fingerprint density at radius 1 is 1.24 bits per heavy atom. The largest absolute Gasteiger partial charge is 0.488 e. The van der Waals surface area contributed by atoms with Crippen LogP contribution in [0.2, 0.25) is 5.02 Å². The molecule has 7 heteroatoms. The van der Waals surface area contributed by atoms with Gasteiger partial charge in [0.05, 0.1) is 9.37 Å². The minimum Gasteiger partial charge on any atom is -0.488 e. The smallest absolute Gasteiger partial charge is 0.238 e. The summed E-state index contributed by atoms with van der Waals surface area (Å²) in [6.45, 7) is 2.24. The predicted octanol–water partition coefficient (Wildman–Crippen LogP) is 3.64. The van der Waals surface area contributed by atoms with E-state index >= 15 is 0 Å². The molecule has 0 heterocycles. The van der Waals surface area contributed by atoms with E-state index in [1.807, 2.05) is 25.1 Å². The Hall–Kier alpha value is -1.08. The van der Waals surface area contributed by atoms with Crippen molar-refractivity contribution in [1.82, 2.24) is 0 Å². The number of rotatable bonds is 4. The van der Waals surface area contributed by atoms with E-state index < -0.39 is 10.0 Å². The molecule has 2 aromatic rings. The number of aryl methyl sites for hydroxylation is 1. The fraction of sp³-hybridized carbons (Fsp3) is 0.143. The maximum Gasteiger partial charge on any atom is 0.238 e. The molecule has 0 spiro atoms. The van der Waals surface area contributed by atoms with Crippen LogP contribution >= 0.6 is 27.5 Å². The Labute approximate surface area is 137 Å². The Kier molecular flexibility index (Phi) is 4.93. The van der Waals surface area contributed by atoms with Crippen LogP contribution in [-0.2, 0) is 16.6 Å². The molecule has 112 valence electrons. The van der Waals surface area contributed by atoms with Crippen molar-refractivity contribution >= 4 is 37.6 Å². The van der Waals surface area contributed by atoms with Crippen molar-refractivity contribution in [1.29, 1.82) is 0 Å². The van der Waals surface area contributed by atoms with E-state index in [-0.39, 0.29) is 11.5 Å². The summed E-state index contributed by atoms with van der Waals surface area (Å²) in [5.74, 6) is 0.513. The molecule has 2 rings (SSSR count). The summed E-state index contributed by atoms with van der Waals surface area (Å²) in [5, 5.41) is 5.70. The third kappa shape index (κ3) is 4.20. The van der Waals surface area contributed by atoms with E-state index in [1.165, 1.54) is 12.1 Å². The van der Waals surface area contributed by atoms with Crippen molar-refractivity contribution in [2.75, 3.05) is 0 Å². The van der Waals surface area contributed by atoms with Gasteiger partial charge in [-0.05, 0) is 52.7 Å². The van der Waals surface area contributed by atoms with Crippen LogP contribution in [0.3, 0.4) is 0 Å². The highest BCUT2D eigenvalue weighted by atomic mass is 79.9. The topological polar surface area (TPSA) is 69.4 Å². The van der Waals surface area contributed by atoms with Gasteiger partial charge in [0.25, 0.3) is 0 Å². The quantitative estimate of drug-likeness (QED) is 0.866. The van der Waals surface area contributed by atoms with Gasteiger partial charge in [0.1, 0.15) is 12.4 Å². The van der Waals surface area contributed by atoms with Crippen LogP contribution in [0, 0.1) is 6.92 Å². The molecule has 2 N–H and O–H groups in total. The molecule has 0 unspecified atom stereocenters. The zero-order valence-electron chi connectivity index (χ0n) is 11.1. The van der Waals surface area contributed by atoms with Gasteiger partial charge in [0, 0.05) is 10.6 Å². The number of primary sulfonamides is 1. The third-order valence-corrected chi connectivity index (χ3v) is 4.71. The van der Waals surface area contributed by atoms with Crippen LogP contribution in [0.5, 0.6) is 5.75 Å². The lowest BCUT2D eigenvalue weighted by atomic mass is 10.2. The number of halogens is 2. The standard InChI is InChI=1S/C14H13BrClNO3S/c1-9-2-3-10(13(16)6-9)8-20-14-5-4-11(7-12(14)15)21(17,18)19/h2-7H,8H2,1H3,(H2,17,18,19). The minimum absolute atomic E-state index is 0.0232. The van der Waals surface area contributed by atoms with Crippen molar-refractivity contribution < 1.29 is 13.2 Å². The summed E-state index contributed by atoms with van der Waals surface area (Å²) >= 11 is 9.40. The fourth-order valence-electron chi connectivity index (χ4n) is 1.70. The highest BCUT2D eigenvalue weighted by Crippen LogP contribution is 2.29. The second-order valence-electron chi connectivity index (χ2n) is 4.52. The lowest BCUT2D eigenvalue weighted by Gasteiger charge is -2.10. The maximum absolute atomic E-state index is 11.3. The first kappa shape index (κ1) is 16.3. The Morgan fingerprint density at radius 3 is 2.52 bits per heavy atom. The number of hydrogen-bond donors (Lipinski definition) is 1. The third-order valence-electron chi connectivity index (χ3n) is 2.82. The SMILES string of the molecule is Cc1ccc(COc2ccc(S(N)(=O)=O)cc2Br)c(Cl)c1. The maximum atomic E-state index is 11.3. The second-order valence-corrected chi connectivity index (χ2v) is 7.34. The number of ether oxygens (including phenoxy) is 1. The first-order valence-corrected chi connectivity index (χ1v) is 8.69. The normalized spacial score (nSPS) is 11.4. The van der Waals surface area contributed by atoms with Crippen molar-refractivity contribution in [2.24, 2.45) is 5.14 Å². The Morgan fingerprint density at radius 2 is 1.95 bits per heavy atom. The summed E-state index contributed by atoms with van der Waals surface area (Å²) in [6, 6.07) is 10.0. The van der Waals surface area contributed by atoms with Crippen LogP contribution in [0.4, 0.5) is 0 Å². The molecule has 0 aliphatic heterocycles. The van der Waals surface area contributed by atoms with E-state index in [4.69, 9.17) is 21.5 Å². The molecule has 4 nitrogen and oxygen atoms in total.